The van der Waals surface area contributed by atoms with Gasteiger partial charge in [-0.05, 0) is 17.7 Å². The predicted molar refractivity (Wildman–Crippen MR) is 117 cm³/mol. The fraction of sp³-hybridized carbons (Fsp3) is 0.261. The predicted octanol–water partition coefficient (Wildman–Crippen LogP) is 4.78. The van der Waals surface area contributed by atoms with Crippen LogP contribution in [0.15, 0.2) is 60.7 Å². The molecule has 0 saturated carbocycles. The number of carbonyl (C=O) groups excluding carboxylic acids is 1. The van der Waals surface area contributed by atoms with Gasteiger partial charge in [-0.2, -0.15) is 8.78 Å². The largest absolute Gasteiger partial charge is 0.434 e. The van der Waals surface area contributed by atoms with E-state index >= 15 is 0 Å². The molecule has 162 valence electrons. The number of anilines is 1. The van der Waals surface area contributed by atoms with Gasteiger partial charge in [0.1, 0.15) is 5.75 Å². The molecule has 0 bridgehead atoms. The fourth-order valence-electron chi connectivity index (χ4n) is 3.44. The van der Waals surface area contributed by atoms with Crippen LogP contribution >= 0.6 is 11.3 Å². The number of halogens is 2. The van der Waals surface area contributed by atoms with Gasteiger partial charge in [0.15, 0.2) is 0 Å². The first kappa shape index (κ1) is 21.3. The maximum absolute atomic E-state index is 12.9. The number of alkyl halides is 2. The lowest BCUT2D eigenvalue weighted by Crippen LogP contribution is -2.35. The van der Waals surface area contributed by atoms with Crippen molar-refractivity contribution in [2.45, 2.75) is 13.2 Å². The van der Waals surface area contributed by atoms with Crippen LogP contribution in [0.4, 0.5) is 13.8 Å². The number of thiophene rings is 1. The maximum atomic E-state index is 12.9. The third-order valence-corrected chi connectivity index (χ3v) is 6.14. The minimum atomic E-state index is -2.92. The van der Waals surface area contributed by atoms with E-state index in [1.165, 1.54) is 17.4 Å². The Kier molecular flexibility index (Phi) is 6.79. The van der Waals surface area contributed by atoms with Crippen LogP contribution in [0.3, 0.4) is 0 Å². The number of ether oxygens (including phenoxy) is 2. The van der Waals surface area contributed by atoms with Gasteiger partial charge in [-0.3, -0.25) is 4.79 Å². The third-order valence-electron chi connectivity index (χ3n) is 4.95. The average molecular weight is 445 g/mol. The molecule has 2 heterocycles. The van der Waals surface area contributed by atoms with E-state index in [0.717, 1.165) is 29.2 Å². The Balaban J connectivity index is 1.55. The van der Waals surface area contributed by atoms with Crippen molar-refractivity contribution in [3.63, 3.8) is 0 Å². The molecule has 8 heteroatoms. The highest BCUT2D eigenvalue weighted by Gasteiger charge is 2.22. The average Bonchev–Trinajstić information content (AvgIpc) is 3.25. The van der Waals surface area contributed by atoms with Gasteiger partial charge in [0.2, 0.25) is 0 Å². The van der Waals surface area contributed by atoms with E-state index in [-0.39, 0.29) is 18.2 Å². The van der Waals surface area contributed by atoms with E-state index in [1.807, 2.05) is 36.4 Å². The summed E-state index contributed by atoms with van der Waals surface area (Å²) in [5.41, 5.74) is 2.53. The number of nitrogens with one attached hydrogen (secondary N) is 1. The molecular weight excluding hydrogens is 422 g/mol. The zero-order valence-corrected chi connectivity index (χ0v) is 17.5. The summed E-state index contributed by atoms with van der Waals surface area (Å²) >= 11 is 1.43. The van der Waals surface area contributed by atoms with Crippen LogP contribution in [0.1, 0.15) is 15.2 Å². The van der Waals surface area contributed by atoms with Crippen LogP contribution in [-0.4, -0.2) is 38.8 Å². The molecule has 1 aromatic heterocycles. The quantitative estimate of drug-likeness (QED) is 0.570. The summed E-state index contributed by atoms with van der Waals surface area (Å²) in [6.45, 7) is -0.00537. The second kappa shape index (κ2) is 9.89. The van der Waals surface area contributed by atoms with Crippen molar-refractivity contribution in [1.29, 1.82) is 0 Å². The highest BCUT2D eigenvalue weighted by Crippen LogP contribution is 2.39. The minimum Gasteiger partial charge on any atom is -0.434 e. The van der Waals surface area contributed by atoms with Crippen LogP contribution in [0.2, 0.25) is 0 Å². The van der Waals surface area contributed by atoms with Crippen molar-refractivity contribution in [2.24, 2.45) is 0 Å². The lowest BCUT2D eigenvalue weighted by molar-refractivity contribution is -0.0504. The molecule has 0 radical (unpaired) electrons. The van der Waals surface area contributed by atoms with Crippen molar-refractivity contribution in [2.75, 3.05) is 31.2 Å². The fourth-order valence-corrected chi connectivity index (χ4v) is 4.59. The highest BCUT2D eigenvalue weighted by molar-refractivity contribution is 7.18. The van der Waals surface area contributed by atoms with Gasteiger partial charge in [0, 0.05) is 30.8 Å². The summed E-state index contributed by atoms with van der Waals surface area (Å²) in [6, 6.07) is 18.3. The number of hydrogen-bond donors (Lipinski definition) is 1. The number of hydrogen-bond acceptors (Lipinski definition) is 5. The van der Waals surface area contributed by atoms with Crippen molar-refractivity contribution < 1.29 is 23.0 Å². The zero-order valence-electron chi connectivity index (χ0n) is 16.7. The van der Waals surface area contributed by atoms with Gasteiger partial charge < -0.3 is 19.7 Å². The number of benzene rings is 2. The zero-order chi connectivity index (χ0) is 21.6. The van der Waals surface area contributed by atoms with E-state index in [0.29, 0.717) is 23.7 Å². The topological polar surface area (TPSA) is 50.8 Å². The summed E-state index contributed by atoms with van der Waals surface area (Å²) in [6.07, 6.45) is 0. The SMILES string of the molecule is O=C(NCc1ccccc1OC(F)F)c1cc(-c2ccccc2)c(N2CCOCC2)s1. The Morgan fingerprint density at radius 3 is 2.55 bits per heavy atom. The number of para-hydroxylation sites is 1. The van der Waals surface area contributed by atoms with Gasteiger partial charge in [-0.15, -0.1) is 11.3 Å². The number of rotatable bonds is 7. The van der Waals surface area contributed by atoms with E-state index in [1.54, 1.807) is 18.2 Å². The van der Waals surface area contributed by atoms with Crippen molar-refractivity contribution in [3.05, 3.63) is 71.1 Å². The molecule has 0 spiro atoms. The first-order valence-electron chi connectivity index (χ1n) is 9.94. The molecule has 0 aliphatic carbocycles. The van der Waals surface area contributed by atoms with Crippen LogP contribution in [-0.2, 0) is 11.3 Å². The number of morpholine rings is 1. The van der Waals surface area contributed by atoms with Crippen LogP contribution in [0, 0.1) is 0 Å². The third kappa shape index (κ3) is 5.21. The summed E-state index contributed by atoms with van der Waals surface area (Å²) in [7, 11) is 0. The summed E-state index contributed by atoms with van der Waals surface area (Å²) in [4.78, 5) is 15.7. The highest BCUT2D eigenvalue weighted by atomic mass is 32.1. The first-order chi connectivity index (χ1) is 15.1. The first-order valence-corrected chi connectivity index (χ1v) is 10.8. The molecule has 2 aromatic carbocycles. The molecule has 0 atom stereocenters. The lowest BCUT2D eigenvalue weighted by Gasteiger charge is -2.28. The van der Waals surface area contributed by atoms with Crippen LogP contribution < -0.4 is 15.0 Å². The van der Waals surface area contributed by atoms with E-state index in [4.69, 9.17) is 4.74 Å². The molecule has 1 saturated heterocycles. The molecule has 0 unspecified atom stereocenters. The van der Waals surface area contributed by atoms with Gasteiger partial charge in [-0.25, -0.2) is 0 Å². The Hall–Kier alpha value is -2.97. The van der Waals surface area contributed by atoms with Gasteiger partial charge in [0.25, 0.3) is 5.91 Å². The smallest absolute Gasteiger partial charge is 0.387 e. The van der Waals surface area contributed by atoms with Crippen LogP contribution in [0.5, 0.6) is 5.75 Å². The number of amides is 1. The molecular formula is C23H22F2N2O3S. The Bertz CT molecular complexity index is 1020. The van der Waals surface area contributed by atoms with E-state index in [9.17, 15) is 13.6 Å². The lowest BCUT2D eigenvalue weighted by atomic mass is 10.1. The second-order valence-corrected chi connectivity index (χ2v) is 7.99. The minimum absolute atomic E-state index is 0.0583. The second-order valence-electron chi connectivity index (χ2n) is 6.96. The Labute approximate surface area is 183 Å². The van der Waals surface area contributed by atoms with E-state index < -0.39 is 6.61 Å². The molecule has 4 rings (SSSR count). The summed E-state index contributed by atoms with van der Waals surface area (Å²) in [5.74, 6) is -0.198. The molecule has 1 aliphatic rings. The van der Waals surface area contributed by atoms with Gasteiger partial charge in [0.05, 0.1) is 23.1 Å². The Morgan fingerprint density at radius 2 is 1.81 bits per heavy atom. The number of carbonyl (C=O) groups is 1. The maximum Gasteiger partial charge on any atom is 0.387 e. The molecule has 1 N–H and O–H groups in total. The molecule has 5 nitrogen and oxygen atoms in total. The normalized spacial score (nSPS) is 14.0. The Morgan fingerprint density at radius 1 is 1.10 bits per heavy atom. The standard InChI is InChI=1S/C23H22F2N2O3S/c24-23(25)30-19-9-5-4-8-17(19)15-26-21(28)20-14-18(16-6-2-1-3-7-16)22(31-20)27-10-12-29-13-11-27/h1-9,14,23H,10-13,15H2,(H,26,28). The van der Waals surface area contributed by atoms with Crippen LogP contribution in [0.25, 0.3) is 11.1 Å². The van der Waals surface area contributed by atoms with Crippen molar-refractivity contribution in [1.82, 2.24) is 5.32 Å². The molecule has 3 aromatic rings. The van der Waals surface area contributed by atoms with Crippen molar-refractivity contribution in [3.8, 4) is 16.9 Å². The van der Waals surface area contributed by atoms with Gasteiger partial charge >= 0.3 is 6.61 Å². The molecule has 1 fully saturated rings. The van der Waals surface area contributed by atoms with E-state index in [2.05, 4.69) is 15.0 Å². The summed E-state index contributed by atoms with van der Waals surface area (Å²) < 4.78 is 35.3. The number of nitrogens with zero attached hydrogens (tertiary/aromatic N) is 1. The molecule has 1 aliphatic heterocycles. The monoisotopic (exact) mass is 444 g/mol. The molecule has 1 amide bonds. The summed E-state index contributed by atoms with van der Waals surface area (Å²) in [5, 5.41) is 3.86. The molecule has 31 heavy (non-hydrogen) atoms. The van der Waals surface area contributed by atoms with Crippen molar-refractivity contribution >= 4 is 22.2 Å². The van der Waals surface area contributed by atoms with Gasteiger partial charge in [-0.1, -0.05) is 48.5 Å².